The van der Waals surface area contributed by atoms with Crippen LogP contribution in [0.15, 0.2) is 0 Å². The van der Waals surface area contributed by atoms with Crippen molar-refractivity contribution < 1.29 is 0 Å². The second kappa shape index (κ2) is 6.85. The molecule has 86 valence electrons. The van der Waals surface area contributed by atoms with Crippen molar-refractivity contribution >= 4 is 0 Å². The molecular weight excluding hydrogens is 184 g/mol. The van der Waals surface area contributed by atoms with Crippen LogP contribution in [0, 0.1) is 17.2 Å². The molecule has 0 amide bonds. The minimum absolute atomic E-state index is 0.226. The van der Waals surface area contributed by atoms with E-state index in [1.807, 2.05) is 6.92 Å². The topological polar surface area (TPSA) is 27.0 Å². The second-order valence-electron chi connectivity index (χ2n) is 4.77. The fourth-order valence-electron chi connectivity index (χ4n) is 2.44. The molecule has 0 bridgehead atoms. The van der Waals surface area contributed by atoms with Crippen molar-refractivity contribution in [3.05, 3.63) is 0 Å². The van der Waals surface area contributed by atoms with Crippen molar-refractivity contribution in [3.8, 4) is 6.07 Å². The predicted octanol–water partition coefficient (Wildman–Crippen LogP) is 3.19. The first kappa shape index (κ1) is 12.5. The summed E-state index contributed by atoms with van der Waals surface area (Å²) in [5.74, 6) is 0.226. The van der Waals surface area contributed by atoms with E-state index in [1.54, 1.807) is 0 Å². The molecule has 0 aromatic rings. The molecule has 2 heteroatoms. The number of nitrogens with zero attached hydrogens (tertiary/aromatic N) is 2. The summed E-state index contributed by atoms with van der Waals surface area (Å²) < 4.78 is 0. The van der Waals surface area contributed by atoms with Crippen LogP contribution in [0.25, 0.3) is 0 Å². The lowest BCUT2D eigenvalue weighted by Crippen LogP contribution is -2.39. The molecule has 1 aliphatic rings. The van der Waals surface area contributed by atoms with Crippen LogP contribution >= 0.6 is 0 Å². The molecule has 0 aromatic carbocycles. The van der Waals surface area contributed by atoms with Crippen LogP contribution in [0.4, 0.5) is 0 Å². The number of piperidine rings is 1. The Bertz CT molecular complexity index is 201. The Hall–Kier alpha value is -0.550. The van der Waals surface area contributed by atoms with Gasteiger partial charge in [-0.1, -0.05) is 13.3 Å². The maximum absolute atomic E-state index is 8.77. The standard InChI is InChI=1S/C13H24N2/c1-3-13(8-7-12(2)11-14)15-9-5-4-6-10-15/h12-13H,3-10H2,1-2H3. The summed E-state index contributed by atoms with van der Waals surface area (Å²) in [4.78, 5) is 2.63. The first-order chi connectivity index (χ1) is 7.27. The molecule has 0 aliphatic carbocycles. The van der Waals surface area contributed by atoms with Crippen molar-refractivity contribution in [2.75, 3.05) is 13.1 Å². The number of hydrogen-bond donors (Lipinski definition) is 0. The number of hydrogen-bond acceptors (Lipinski definition) is 2. The van der Waals surface area contributed by atoms with E-state index in [-0.39, 0.29) is 5.92 Å². The maximum Gasteiger partial charge on any atom is 0.0652 e. The van der Waals surface area contributed by atoms with E-state index >= 15 is 0 Å². The van der Waals surface area contributed by atoms with E-state index in [9.17, 15) is 0 Å². The van der Waals surface area contributed by atoms with Crippen molar-refractivity contribution in [2.45, 2.75) is 58.4 Å². The highest BCUT2D eigenvalue weighted by Gasteiger charge is 2.19. The van der Waals surface area contributed by atoms with Crippen molar-refractivity contribution in [1.82, 2.24) is 4.90 Å². The summed E-state index contributed by atoms with van der Waals surface area (Å²) in [5.41, 5.74) is 0. The predicted molar refractivity (Wildman–Crippen MR) is 63.5 cm³/mol. The van der Waals surface area contributed by atoms with Gasteiger partial charge in [0, 0.05) is 12.0 Å². The van der Waals surface area contributed by atoms with Crippen LogP contribution in [0.1, 0.15) is 52.4 Å². The molecule has 2 atom stereocenters. The maximum atomic E-state index is 8.77. The molecule has 1 heterocycles. The molecule has 1 fully saturated rings. The van der Waals surface area contributed by atoms with Gasteiger partial charge in [0.1, 0.15) is 0 Å². The van der Waals surface area contributed by atoms with Gasteiger partial charge in [0.15, 0.2) is 0 Å². The summed E-state index contributed by atoms with van der Waals surface area (Å²) in [6.07, 6.45) is 7.63. The Morgan fingerprint density at radius 3 is 2.40 bits per heavy atom. The van der Waals surface area contributed by atoms with Gasteiger partial charge in [0.05, 0.1) is 6.07 Å². The zero-order chi connectivity index (χ0) is 11.1. The molecule has 0 saturated carbocycles. The fraction of sp³-hybridized carbons (Fsp3) is 0.923. The third-order valence-corrected chi connectivity index (χ3v) is 3.53. The number of nitriles is 1. The second-order valence-corrected chi connectivity index (χ2v) is 4.77. The molecule has 15 heavy (non-hydrogen) atoms. The van der Waals surface area contributed by atoms with E-state index in [0.29, 0.717) is 0 Å². The minimum atomic E-state index is 0.226. The largest absolute Gasteiger partial charge is 0.300 e. The van der Waals surface area contributed by atoms with Crippen molar-refractivity contribution in [1.29, 1.82) is 5.26 Å². The van der Waals surface area contributed by atoms with Crippen molar-refractivity contribution in [2.24, 2.45) is 5.92 Å². The monoisotopic (exact) mass is 208 g/mol. The summed E-state index contributed by atoms with van der Waals surface area (Å²) in [6.45, 7) is 6.86. The zero-order valence-electron chi connectivity index (χ0n) is 10.2. The van der Waals surface area contributed by atoms with Crippen LogP contribution in [0.2, 0.25) is 0 Å². The fourth-order valence-corrected chi connectivity index (χ4v) is 2.44. The Balaban J connectivity index is 2.31. The molecule has 2 nitrogen and oxygen atoms in total. The lowest BCUT2D eigenvalue weighted by molar-refractivity contribution is 0.147. The first-order valence-corrected chi connectivity index (χ1v) is 6.41. The van der Waals surface area contributed by atoms with Crippen LogP contribution in [-0.2, 0) is 0 Å². The van der Waals surface area contributed by atoms with E-state index < -0.39 is 0 Å². The molecule has 1 rings (SSSR count). The molecule has 0 spiro atoms. The Labute approximate surface area is 94.3 Å². The summed E-state index contributed by atoms with van der Waals surface area (Å²) in [7, 11) is 0. The third-order valence-electron chi connectivity index (χ3n) is 3.53. The van der Waals surface area contributed by atoms with Crippen molar-refractivity contribution in [3.63, 3.8) is 0 Å². The summed E-state index contributed by atoms with van der Waals surface area (Å²) >= 11 is 0. The van der Waals surface area contributed by atoms with Gasteiger partial charge in [-0.2, -0.15) is 5.26 Å². The lowest BCUT2D eigenvalue weighted by atomic mass is 9.98. The van der Waals surface area contributed by atoms with E-state index in [1.165, 1.54) is 45.2 Å². The van der Waals surface area contributed by atoms with Gasteiger partial charge in [-0.05, 0) is 52.1 Å². The minimum Gasteiger partial charge on any atom is -0.300 e. The average molecular weight is 208 g/mol. The van der Waals surface area contributed by atoms with Gasteiger partial charge in [-0.15, -0.1) is 0 Å². The normalized spacial score (nSPS) is 21.9. The quantitative estimate of drug-likeness (QED) is 0.694. The van der Waals surface area contributed by atoms with E-state index in [2.05, 4.69) is 17.9 Å². The van der Waals surface area contributed by atoms with Crippen LogP contribution in [0.3, 0.4) is 0 Å². The van der Waals surface area contributed by atoms with Gasteiger partial charge in [0.25, 0.3) is 0 Å². The molecule has 2 unspecified atom stereocenters. The molecule has 1 aliphatic heterocycles. The van der Waals surface area contributed by atoms with Gasteiger partial charge in [-0.25, -0.2) is 0 Å². The SMILES string of the molecule is CCC(CCC(C)C#N)N1CCCCC1. The Morgan fingerprint density at radius 2 is 1.87 bits per heavy atom. The molecule has 0 N–H and O–H groups in total. The summed E-state index contributed by atoms with van der Waals surface area (Å²) in [6, 6.07) is 3.05. The van der Waals surface area contributed by atoms with E-state index in [4.69, 9.17) is 5.26 Å². The van der Waals surface area contributed by atoms with Crippen LogP contribution in [0.5, 0.6) is 0 Å². The average Bonchev–Trinajstić information content (AvgIpc) is 2.31. The zero-order valence-corrected chi connectivity index (χ0v) is 10.2. The Morgan fingerprint density at radius 1 is 1.20 bits per heavy atom. The molecule has 0 radical (unpaired) electrons. The molecular formula is C13H24N2. The highest BCUT2D eigenvalue weighted by Crippen LogP contribution is 2.19. The van der Waals surface area contributed by atoms with E-state index in [0.717, 1.165) is 12.5 Å². The van der Waals surface area contributed by atoms with Crippen LogP contribution < -0.4 is 0 Å². The van der Waals surface area contributed by atoms with Crippen LogP contribution in [-0.4, -0.2) is 24.0 Å². The first-order valence-electron chi connectivity index (χ1n) is 6.41. The third kappa shape index (κ3) is 4.22. The highest BCUT2D eigenvalue weighted by molar-refractivity contribution is 4.81. The van der Waals surface area contributed by atoms with Gasteiger partial charge < -0.3 is 4.90 Å². The summed E-state index contributed by atoms with van der Waals surface area (Å²) in [5, 5.41) is 8.77. The smallest absolute Gasteiger partial charge is 0.0652 e. The van der Waals surface area contributed by atoms with Gasteiger partial charge in [-0.3, -0.25) is 0 Å². The molecule has 1 saturated heterocycles. The number of likely N-dealkylation sites (tertiary alicyclic amines) is 1. The highest BCUT2D eigenvalue weighted by atomic mass is 15.2. The number of rotatable bonds is 5. The van der Waals surface area contributed by atoms with Gasteiger partial charge >= 0.3 is 0 Å². The Kier molecular flexibility index (Phi) is 5.71. The lowest BCUT2D eigenvalue weighted by Gasteiger charge is -2.34. The molecule has 0 aromatic heterocycles. The van der Waals surface area contributed by atoms with Gasteiger partial charge in [0.2, 0.25) is 0 Å².